The number of hydrogen-bond donors (Lipinski definition) is 2. The highest BCUT2D eigenvalue weighted by molar-refractivity contribution is 7.92. The van der Waals surface area contributed by atoms with Gasteiger partial charge in [0.1, 0.15) is 5.82 Å². The van der Waals surface area contributed by atoms with E-state index in [9.17, 15) is 13.2 Å². The summed E-state index contributed by atoms with van der Waals surface area (Å²) in [7, 11) is -3.56. The first-order chi connectivity index (χ1) is 21.6. The molecule has 6 rings (SSSR count). The molecule has 2 aromatic heterocycles. The number of nitrogens with zero attached hydrogens (tertiary/aromatic N) is 5. The van der Waals surface area contributed by atoms with Gasteiger partial charge < -0.3 is 19.9 Å². The lowest BCUT2D eigenvalue weighted by molar-refractivity contribution is 0.0606. The fourth-order valence-electron chi connectivity index (χ4n) is 6.29. The van der Waals surface area contributed by atoms with E-state index in [-0.39, 0.29) is 23.7 Å². The standard InChI is InChI=1S/C33H41N7O4S/c1-23-12-13-28(37-45(3,42)43)27(17-23)33(41)39-15-8-7-11-30(39)29-18-31-35-32(24(2)19-40(31)36-29)38-16-14-34-26(20-38)22-44-21-25-9-5-4-6-10-25/h4-6,9-10,12-13,17-19,26,30,34,37H,7-8,11,14-16,20-22H2,1-3H3/t26-,30+/m1/s1. The zero-order valence-corrected chi connectivity index (χ0v) is 26.9. The van der Waals surface area contributed by atoms with Crippen LogP contribution in [0.3, 0.4) is 0 Å². The van der Waals surface area contributed by atoms with Crippen LogP contribution in [0.2, 0.25) is 0 Å². The van der Waals surface area contributed by atoms with Crippen LogP contribution >= 0.6 is 0 Å². The number of amides is 1. The molecule has 4 aromatic rings. The summed E-state index contributed by atoms with van der Waals surface area (Å²) < 4.78 is 34.4. The Bertz CT molecular complexity index is 1780. The minimum atomic E-state index is -3.56. The summed E-state index contributed by atoms with van der Waals surface area (Å²) in [5.74, 6) is 0.717. The van der Waals surface area contributed by atoms with Gasteiger partial charge in [0.25, 0.3) is 5.91 Å². The lowest BCUT2D eigenvalue weighted by atomic mass is 9.97. The van der Waals surface area contributed by atoms with Gasteiger partial charge in [-0.3, -0.25) is 9.52 Å². The first-order valence-electron chi connectivity index (χ1n) is 15.5. The second-order valence-electron chi connectivity index (χ2n) is 12.2. The molecule has 0 radical (unpaired) electrons. The van der Waals surface area contributed by atoms with Crippen LogP contribution in [-0.2, 0) is 21.4 Å². The second-order valence-corrected chi connectivity index (χ2v) is 13.9. The van der Waals surface area contributed by atoms with E-state index in [2.05, 4.69) is 34.0 Å². The van der Waals surface area contributed by atoms with E-state index in [0.29, 0.717) is 25.3 Å². The average molecular weight is 632 g/mol. The average Bonchev–Trinajstić information content (AvgIpc) is 3.44. The Morgan fingerprint density at radius 1 is 1.09 bits per heavy atom. The Morgan fingerprint density at radius 3 is 2.71 bits per heavy atom. The number of carbonyl (C=O) groups excluding carboxylic acids is 1. The number of likely N-dealkylation sites (tertiary alicyclic amines) is 1. The van der Waals surface area contributed by atoms with Crippen LogP contribution in [0, 0.1) is 13.8 Å². The molecular formula is C33H41N7O4S. The molecule has 2 atom stereocenters. The first kappa shape index (κ1) is 31.0. The molecule has 2 N–H and O–H groups in total. The molecule has 0 saturated carbocycles. The molecule has 2 aliphatic heterocycles. The Kier molecular flexibility index (Phi) is 9.06. The van der Waals surface area contributed by atoms with Crippen molar-refractivity contribution >= 4 is 33.1 Å². The first-order valence-corrected chi connectivity index (χ1v) is 17.4. The maximum absolute atomic E-state index is 14.0. The smallest absolute Gasteiger partial charge is 0.256 e. The van der Waals surface area contributed by atoms with E-state index < -0.39 is 10.0 Å². The Labute approximate surface area is 264 Å². The molecular weight excluding hydrogens is 590 g/mol. The van der Waals surface area contributed by atoms with Crippen LogP contribution in [0.5, 0.6) is 0 Å². The van der Waals surface area contributed by atoms with Gasteiger partial charge in [-0.1, -0.05) is 42.0 Å². The molecule has 0 spiro atoms. The number of rotatable bonds is 9. The van der Waals surface area contributed by atoms with Crippen molar-refractivity contribution in [2.75, 3.05) is 48.7 Å². The van der Waals surface area contributed by atoms with Gasteiger partial charge in [0, 0.05) is 50.0 Å². The number of hydrogen-bond acceptors (Lipinski definition) is 8. The number of aryl methyl sites for hydroxylation is 2. The van der Waals surface area contributed by atoms with E-state index in [4.69, 9.17) is 14.8 Å². The minimum Gasteiger partial charge on any atom is -0.375 e. The van der Waals surface area contributed by atoms with Crippen LogP contribution in [0.25, 0.3) is 5.65 Å². The van der Waals surface area contributed by atoms with Gasteiger partial charge in [0.2, 0.25) is 10.0 Å². The third-order valence-corrected chi connectivity index (χ3v) is 9.01. The number of piperidine rings is 1. The number of ether oxygens (including phenoxy) is 1. The largest absolute Gasteiger partial charge is 0.375 e. The monoisotopic (exact) mass is 631 g/mol. The van der Waals surface area contributed by atoms with Crippen LogP contribution < -0.4 is 14.9 Å². The fraction of sp³-hybridized carbons (Fsp3) is 0.424. The molecule has 11 nitrogen and oxygen atoms in total. The zero-order valence-electron chi connectivity index (χ0n) is 26.1. The number of piperazine rings is 1. The number of sulfonamides is 1. The number of benzene rings is 2. The normalized spacial score (nSPS) is 19.2. The second kappa shape index (κ2) is 13.2. The van der Waals surface area contributed by atoms with E-state index in [0.717, 1.165) is 79.0 Å². The molecule has 4 heterocycles. The summed E-state index contributed by atoms with van der Waals surface area (Å²) in [5, 5.41) is 8.46. The molecule has 0 aliphatic carbocycles. The van der Waals surface area contributed by atoms with Crippen molar-refractivity contribution in [3.63, 3.8) is 0 Å². The van der Waals surface area contributed by atoms with Crippen molar-refractivity contribution in [3.8, 4) is 0 Å². The fourth-order valence-corrected chi connectivity index (χ4v) is 6.86. The summed E-state index contributed by atoms with van der Waals surface area (Å²) in [6.45, 7) is 8.16. The number of nitrogens with one attached hydrogen (secondary N) is 2. The Hall–Kier alpha value is -4.00. The third kappa shape index (κ3) is 7.29. The van der Waals surface area contributed by atoms with E-state index in [1.807, 2.05) is 42.3 Å². The van der Waals surface area contributed by atoms with E-state index in [1.165, 1.54) is 0 Å². The summed E-state index contributed by atoms with van der Waals surface area (Å²) in [5.41, 5.74) is 5.20. The Balaban J connectivity index is 1.21. The lowest BCUT2D eigenvalue weighted by Crippen LogP contribution is -2.53. The summed E-state index contributed by atoms with van der Waals surface area (Å²) in [6.07, 6.45) is 5.71. The lowest BCUT2D eigenvalue weighted by Gasteiger charge is -2.35. The highest BCUT2D eigenvalue weighted by Gasteiger charge is 2.32. The predicted molar refractivity (Wildman–Crippen MR) is 175 cm³/mol. The molecule has 2 fully saturated rings. The van der Waals surface area contributed by atoms with Gasteiger partial charge in [0.15, 0.2) is 5.65 Å². The molecule has 45 heavy (non-hydrogen) atoms. The van der Waals surface area contributed by atoms with Crippen molar-refractivity contribution in [2.45, 2.75) is 51.8 Å². The molecule has 2 aliphatic rings. The van der Waals surface area contributed by atoms with E-state index in [1.54, 1.807) is 22.7 Å². The molecule has 12 heteroatoms. The summed E-state index contributed by atoms with van der Waals surface area (Å²) in [4.78, 5) is 23.2. The number of fused-ring (bicyclic) bond motifs is 1. The molecule has 0 unspecified atom stereocenters. The quantitative estimate of drug-likeness (QED) is 0.284. The number of aromatic nitrogens is 3. The van der Waals surface area contributed by atoms with Crippen LogP contribution in [0.1, 0.15) is 58.0 Å². The van der Waals surface area contributed by atoms with Gasteiger partial charge >= 0.3 is 0 Å². The topological polar surface area (TPSA) is 121 Å². The van der Waals surface area contributed by atoms with Crippen molar-refractivity contribution in [1.29, 1.82) is 0 Å². The summed E-state index contributed by atoms with van der Waals surface area (Å²) in [6, 6.07) is 17.3. The van der Waals surface area contributed by atoms with Crippen molar-refractivity contribution in [3.05, 3.63) is 88.7 Å². The highest BCUT2D eigenvalue weighted by Crippen LogP contribution is 2.34. The van der Waals surface area contributed by atoms with Crippen molar-refractivity contribution in [1.82, 2.24) is 24.8 Å². The molecule has 1 amide bonds. The van der Waals surface area contributed by atoms with Gasteiger partial charge in [-0.15, -0.1) is 0 Å². The molecule has 2 saturated heterocycles. The van der Waals surface area contributed by atoms with Gasteiger partial charge in [-0.2, -0.15) is 5.10 Å². The predicted octanol–water partition coefficient (Wildman–Crippen LogP) is 4.08. The van der Waals surface area contributed by atoms with E-state index >= 15 is 0 Å². The van der Waals surface area contributed by atoms with Crippen LogP contribution in [0.15, 0.2) is 60.8 Å². The molecule has 2 aromatic carbocycles. The van der Waals surface area contributed by atoms with Gasteiger partial charge in [0.05, 0.1) is 42.5 Å². The highest BCUT2D eigenvalue weighted by atomic mass is 32.2. The minimum absolute atomic E-state index is 0.186. The van der Waals surface area contributed by atoms with Crippen molar-refractivity contribution < 1.29 is 17.9 Å². The SMILES string of the molecule is Cc1ccc(NS(C)(=O)=O)c(C(=O)N2CCCC[C@H]2c2cc3nc(N4CCN[C@@H](COCc5ccccc5)C4)c(C)cn3n2)c1. The third-order valence-electron chi connectivity index (χ3n) is 8.42. The number of anilines is 2. The summed E-state index contributed by atoms with van der Waals surface area (Å²) >= 11 is 0. The van der Waals surface area contributed by atoms with Gasteiger partial charge in [-0.25, -0.2) is 17.9 Å². The van der Waals surface area contributed by atoms with Gasteiger partial charge in [-0.05, 0) is 50.8 Å². The maximum Gasteiger partial charge on any atom is 0.256 e. The number of carbonyl (C=O) groups is 1. The maximum atomic E-state index is 14.0. The molecule has 0 bridgehead atoms. The van der Waals surface area contributed by atoms with Crippen LogP contribution in [0.4, 0.5) is 11.5 Å². The molecule has 238 valence electrons. The van der Waals surface area contributed by atoms with Crippen molar-refractivity contribution in [2.24, 2.45) is 0 Å². The van der Waals surface area contributed by atoms with Crippen LogP contribution in [-0.4, -0.2) is 78.9 Å². The Morgan fingerprint density at radius 2 is 1.91 bits per heavy atom. The zero-order chi connectivity index (χ0) is 31.6.